The van der Waals surface area contributed by atoms with E-state index in [1.54, 1.807) is 0 Å². The van der Waals surface area contributed by atoms with Crippen molar-refractivity contribution in [1.82, 2.24) is 9.55 Å². The van der Waals surface area contributed by atoms with Crippen LogP contribution in [0.1, 0.15) is 0 Å². The van der Waals surface area contributed by atoms with Crippen molar-refractivity contribution in [1.29, 1.82) is 0 Å². The van der Waals surface area contributed by atoms with Gasteiger partial charge >= 0.3 is 5.69 Å². The predicted molar refractivity (Wildman–Crippen MR) is 65.3 cm³/mol. The average Bonchev–Trinajstić information content (AvgIpc) is 2.20. The van der Waals surface area contributed by atoms with E-state index in [0.29, 0.717) is 4.57 Å². The number of halogens is 4. The molecule has 0 atom stereocenters. The van der Waals surface area contributed by atoms with Crippen LogP contribution in [0.5, 0.6) is 0 Å². The van der Waals surface area contributed by atoms with E-state index < -0.39 is 28.6 Å². The largest absolute Gasteiger partial charge is 0.334 e. The van der Waals surface area contributed by atoms with Crippen LogP contribution < -0.4 is 11.2 Å². The quantitative estimate of drug-likeness (QED) is 0.811. The predicted octanol–water partition coefficient (Wildman–Crippen LogP) is 2.22. The molecule has 94 valence electrons. The van der Waals surface area contributed by atoms with E-state index in [1.807, 2.05) is 0 Å². The summed E-state index contributed by atoms with van der Waals surface area (Å²) in [5.74, 6) is -2.09. The highest BCUT2D eigenvalue weighted by molar-refractivity contribution is 9.10. The summed E-state index contributed by atoms with van der Waals surface area (Å²) >= 11 is 8.34. The van der Waals surface area contributed by atoms with E-state index in [4.69, 9.17) is 11.6 Å². The second kappa shape index (κ2) is 4.66. The highest BCUT2D eigenvalue weighted by atomic mass is 79.9. The van der Waals surface area contributed by atoms with Gasteiger partial charge < -0.3 is 0 Å². The zero-order valence-corrected chi connectivity index (χ0v) is 10.8. The summed E-state index contributed by atoms with van der Waals surface area (Å²) in [7, 11) is 0. The molecule has 1 aromatic heterocycles. The van der Waals surface area contributed by atoms with Gasteiger partial charge in [0.05, 0.1) is 0 Å². The molecule has 0 saturated carbocycles. The molecule has 8 heteroatoms. The zero-order chi connectivity index (χ0) is 13.4. The SMILES string of the molecule is O=c1cc(Cl)[nH]c(=O)n1-c1c(F)cc(Br)cc1F. The Morgan fingerprint density at radius 2 is 1.72 bits per heavy atom. The van der Waals surface area contributed by atoms with Crippen molar-refractivity contribution in [2.24, 2.45) is 0 Å². The molecule has 0 fully saturated rings. The lowest BCUT2D eigenvalue weighted by atomic mass is 10.3. The molecule has 1 N–H and O–H groups in total. The van der Waals surface area contributed by atoms with Gasteiger partial charge in [-0.25, -0.2) is 18.1 Å². The molecule has 0 spiro atoms. The van der Waals surface area contributed by atoms with Crippen LogP contribution in [0, 0.1) is 11.6 Å². The summed E-state index contributed by atoms with van der Waals surface area (Å²) in [4.78, 5) is 25.2. The fourth-order valence-electron chi connectivity index (χ4n) is 1.43. The van der Waals surface area contributed by atoms with Crippen LogP contribution in [0.4, 0.5) is 8.78 Å². The highest BCUT2D eigenvalue weighted by Crippen LogP contribution is 2.20. The number of H-pyrrole nitrogens is 1. The third kappa shape index (κ3) is 2.23. The molecule has 0 aliphatic carbocycles. The first kappa shape index (κ1) is 13.0. The minimum absolute atomic E-state index is 0.152. The number of benzene rings is 1. The normalized spacial score (nSPS) is 10.7. The Labute approximate surface area is 112 Å². The lowest BCUT2D eigenvalue weighted by Gasteiger charge is -2.07. The van der Waals surface area contributed by atoms with E-state index in [2.05, 4.69) is 20.9 Å². The maximum atomic E-state index is 13.6. The van der Waals surface area contributed by atoms with Gasteiger partial charge in [0.1, 0.15) is 10.8 Å². The van der Waals surface area contributed by atoms with Gasteiger partial charge in [0.15, 0.2) is 11.6 Å². The van der Waals surface area contributed by atoms with Crippen LogP contribution in [-0.2, 0) is 0 Å². The number of nitrogens with zero attached hydrogens (tertiary/aromatic N) is 1. The third-order valence-electron chi connectivity index (χ3n) is 2.11. The second-order valence-corrected chi connectivity index (χ2v) is 4.64. The molecule has 0 bridgehead atoms. The molecule has 0 saturated heterocycles. The molecule has 18 heavy (non-hydrogen) atoms. The highest BCUT2D eigenvalue weighted by Gasteiger charge is 2.16. The lowest BCUT2D eigenvalue weighted by Crippen LogP contribution is -2.34. The Hall–Kier alpha value is -1.47. The van der Waals surface area contributed by atoms with Crippen molar-refractivity contribution in [2.75, 3.05) is 0 Å². The monoisotopic (exact) mass is 336 g/mol. The number of nitrogens with one attached hydrogen (secondary N) is 1. The molecular formula is C10H4BrClF2N2O2. The van der Waals surface area contributed by atoms with E-state index in [1.165, 1.54) is 0 Å². The average molecular weight is 338 g/mol. The smallest absolute Gasteiger partial charge is 0.297 e. The molecule has 1 aromatic carbocycles. The standard InChI is InChI=1S/C10H4BrClF2N2O2/c11-4-1-5(13)9(6(14)2-4)16-8(17)3-7(12)15-10(16)18/h1-3H,(H,15,18). The number of aromatic amines is 1. The Morgan fingerprint density at radius 3 is 2.22 bits per heavy atom. The maximum absolute atomic E-state index is 13.6. The van der Waals surface area contributed by atoms with Crippen molar-refractivity contribution >= 4 is 27.5 Å². The molecule has 0 unspecified atom stereocenters. The first-order valence-electron chi connectivity index (χ1n) is 4.57. The fraction of sp³-hybridized carbons (Fsp3) is 0. The number of rotatable bonds is 1. The van der Waals surface area contributed by atoms with Crippen molar-refractivity contribution < 1.29 is 8.78 Å². The van der Waals surface area contributed by atoms with Gasteiger partial charge in [-0.15, -0.1) is 0 Å². The molecular weight excluding hydrogens is 333 g/mol. The topological polar surface area (TPSA) is 54.9 Å². The van der Waals surface area contributed by atoms with E-state index in [-0.39, 0.29) is 9.63 Å². The van der Waals surface area contributed by atoms with E-state index in [0.717, 1.165) is 18.2 Å². The number of hydrogen-bond acceptors (Lipinski definition) is 2. The lowest BCUT2D eigenvalue weighted by molar-refractivity contribution is 0.560. The molecule has 2 aromatic rings. The Balaban J connectivity index is 2.87. The summed E-state index contributed by atoms with van der Waals surface area (Å²) in [6.45, 7) is 0. The minimum Gasteiger partial charge on any atom is -0.297 e. The van der Waals surface area contributed by atoms with E-state index >= 15 is 0 Å². The summed E-state index contributed by atoms with van der Waals surface area (Å²) in [6, 6.07) is 2.74. The van der Waals surface area contributed by atoms with Gasteiger partial charge in [-0.1, -0.05) is 27.5 Å². The zero-order valence-electron chi connectivity index (χ0n) is 8.51. The number of hydrogen-bond donors (Lipinski definition) is 1. The van der Waals surface area contributed by atoms with Crippen LogP contribution in [0.3, 0.4) is 0 Å². The Bertz CT molecular complexity index is 687. The summed E-state index contributed by atoms with van der Waals surface area (Å²) in [5, 5.41) is -0.209. The van der Waals surface area contributed by atoms with Gasteiger partial charge in [0.2, 0.25) is 0 Å². The van der Waals surface area contributed by atoms with Crippen molar-refractivity contribution in [3.63, 3.8) is 0 Å². The third-order valence-corrected chi connectivity index (χ3v) is 2.77. The fourth-order valence-corrected chi connectivity index (χ4v) is 2.00. The first-order chi connectivity index (χ1) is 8.40. The van der Waals surface area contributed by atoms with Gasteiger partial charge in [-0.05, 0) is 12.1 Å². The Kier molecular flexibility index (Phi) is 3.36. The Morgan fingerprint density at radius 1 is 1.17 bits per heavy atom. The second-order valence-electron chi connectivity index (χ2n) is 3.31. The van der Waals surface area contributed by atoms with Crippen molar-refractivity contribution in [3.8, 4) is 5.69 Å². The summed E-state index contributed by atoms with van der Waals surface area (Å²) < 4.78 is 27.8. The molecule has 0 aliphatic rings. The van der Waals surface area contributed by atoms with Crippen molar-refractivity contribution in [3.05, 3.63) is 60.3 Å². The molecule has 0 amide bonds. The summed E-state index contributed by atoms with van der Waals surface area (Å²) in [5.41, 5.74) is -2.70. The first-order valence-corrected chi connectivity index (χ1v) is 5.74. The van der Waals surface area contributed by atoms with Gasteiger partial charge in [0, 0.05) is 10.5 Å². The van der Waals surface area contributed by atoms with Crippen molar-refractivity contribution in [2.45, 2.75) is 0 Å². The molecule has 4 nitrogen and oxygen atoms in total. The van der Waals surface area contributed by atoms with Gasteiger partial charge in [-0.3, -0.25) is 9.78 Å². The van der Waals surface area contributed by atoms with Gasteiger partial charge in [-0.2, -0.15) is 0 Å². The molecule has 0 radical (unpaired) electrons. The van der Waals surface area contributed by atoms with Crippen LogP contribution in [0.15, 0.2) is 32.3 Å². The van der Waals surface area contributed by atoms with Crippen LogP contribution >= 0.6 is 27.5 Å². The molecule has 0 aliphatic heterocycles. The van der Waals surface area contributed by atoms with Crippen LogP contribution in [0.25, 0.3) is 5.69 Å². The minimum atomic E-state index is -1.04. The molecule has 1 heterocycles. The molecule has 2 rings (SSSR count). The van der Waals surface area contributed by atoms with Crippen LogP contribution in [-0.4, -0.2) is 9.55 Å². The maximum Gasteiger partial charge on any atom is 0.334 e. The van der Waals surface area contributed by atoms with Gasteiger partial charge in [0.25, 0.3) is 5.56 Å². The summed E-state index contributed by atoms with van der Waals surface area (Å²) in [6.07, 6.45) is 0. The van der Waals surface area contributed by atoms with E-state index in [9.17, 15) is 18.4 Å². The van der Waals surface area contributed by atoms with Crippen LogP contribution in [0.2, 0.25) is 5.15 Å². The number of aromatic nitrogens is 2.